The number of sulfonamides is 1. The molecule has 1 aliphatic carbocycles. The Morgan fingerprint density at radius 2 is 1.81 bits per heavy atom. The molecule has 4 N–H and O–H groups in total. The van der Waals surface area contributed by atoms with Gasteiger partial charge in [-0.1, -0.05) is 24.3 Å². The maximum absolute atomic E-state index is 12.7. The lowest BCUT2D eigenvalue weighted by Crippen LogP contribution is -2.53. The van der Waals surface area contributed by atoms with Crippen LogP contribution in [0.1, 0.15) is 11.1 Å². The Kier molecular flexibility index (Phi) is 7.16. The molecule has 0 radical (unpaired) electrons. The number of carbonyl (C=O) groups excluding carboxylic acids is 1. The number of amides is 2. The first-order valence-corrected chi connectivity index (χ1v) is 11.2. The largest absolute Gasteiger partial charge is 0.495 e. The Bertz CT molecular complexity index is 1020. The molecule has 0 heterocycles. The van der Waals surface area contributed by atoms with Crippen molar-refractivity contribution in [2.24, 2.45) is 0 Å². The Labute approximate surface area is 181 Å². The van der Waals surface area contributed by atoms with E-state index in [0.717, 1.165) is 11.1 Å². The summed E-state index contributed by atoms with van der Waals surface area (Å²) in [5, 5.41) is 15.5. The molecule has 2 amide bonds. The first kappa shape index (κ1) is 23.0. The molecule has 0 aromatic heterocycles. The number of nitrogens with one attached hydrogen (secondary N) is 3. The third kappa shape index (κ3) is 5.34. The maximum Gasteiger partial charge on any atom is 0.319 e. The Morgan fingerprint density at radius 1 is 1.13 bits per heavy atom. The van der Waals surface area contributed by atoms with E-state index < -0.39 is 21.6 Å². The second-order valence-electron chi connectivity index (χ2n) is 7.40. The number of aliphatic hydroxyl groups is 1. The first-order valence-electron chi connectivity index (χ1n) is 9.76. The van der Waals surface area contributed by atoms with Crippen LogP contribution in [0.3, 0.4) is 0 Å². The van der Waals surface area contributed by atoms with Crippen LogP contribution in [0.25, 0.3) is 0 Å². The number of methoxy groups -OCH3 is 2. The number of hydrogen-bond donors (Lipinski definition) is 4. The predicted molar refractivity (Wildman–Crippen MR) is 116 cm³/mol. The normalized spacial score (nSPS) is 14.7. The van der Waals surface area contributed by atoms with Crippen LogP contribution in [0.5, 0.6) is 5.75 Å². The van der Waals surface area contributed by atoms with Gasteiger partial charge >= 0.3 is 6.03 Å². The standard InChI is InChI=1S/C21H27N3O6S/c1-29-10-9-22-31(27,28)19-11-17(7-8-18(19)30-2)23-20(26)24-21(14-25)12-15-5-3-4-6-16(15)13-21/h3-8,11,22,25H,9-10,12-14H2,1-2H3,(H2,23,24,26). The molecule has 0 unspecified atom stereocenters. The van der Waals surface area contributed by atoms with Gasteiger partial charge in [-0.25, -0.2) is 17.9 Å². The maximum atomic E-state index is 12.7. The van der Waals surface area contributed by atoms with Crippen molar-refractivity contribution in [2.45, 2.75) is 23.3 Å². The molecule has 2 aromatic rings. The highest BCUT2D eigenvalue weighted by Crippen LogP contribution is 2.30. The number of benzene rings is 2. The summed E-state index contributed by atoms with van der Waals surface area (Å²) < 4.78 is 37.7. The Balaban J connectivity index is 1.74. The highest BCUT2D eigenvalue weighted by Gasteiger charge is 2.38. The molecule has 168 valence electrons. The van der Waals surface area contributed by atoms with Gasteiger partial charge in [0.05, 0.1) is 25.9 Å². The molecule has 1 aliphatic rings. The van der Waals surface area contributed by atoms with E-state index in [1.54, 1.807) is 6.07 Å². The fourth-order valence-corrected chi connectivity index (χ4v) is 4.86. The molecule has 0 saturated heterocycles. The van der Waals surface area contributed by atoms with Crippen LogP contribution >= 0.6 is 0 Å². The lowest BCUT2D eigenvalue weighted by Gasteiger charge is -2.28. The van der Waals surface area contributed by atoms with Crippen molar-refractivity contribution in [1.29, 1.82) is 0 Å². The molecule has 0 saturated carbocycles. The summed E-state index contributed by atoms with van der Waals surface area (Å²) in [7, 11) is -1.04. The van der Waals surface area contributed by atoms with Crippen molar-refractivity contribution < 1.29 is 27.8 Å². The van der Waals surface area contributed by atoms with Gasteiger partial charge in [-0.2, -0.15) is 0 Å². The van der Waals surface area contributed by atoms with Crippen LogP contribution in [-0.2, 0) is 27.6 Å². The van der Waals surface area contributed by atoms with E-state index in [1.165, 1.54) is 26.4 Å². The molecular formula is C21H27N3O6S. The van der Waals surface area contributed by atoms with Gasteiger partial charge in [0.1, 0.15) is 10.6 Å². The lowest BCUT2D eigenvalue weighted by atomic mass is 9.97. The molecule has 3 rings (SSSR count). The van der Waals surface area contributed by atoms with Gasteiger partial charge in [0.25, 0.3) is 0 Å². The molecule has 0 bridgehead atoms. The van der Waals surface area contributed by atoms with E-state index in [1.807, 2.05) is 24.3 Å². The number of urea groups is 1. The van der Waals surface area contributed by atoms with Gasteiger partial charge < -0.3 is 25.2 Å². The van der Waals surface area contributed by atoms with Gasteiger partial charge in [-0.3, -0.25) is 0 Å². The second-order valence-corrected chi connectivity index (χ2v) is 9.13. The second kappa shape index (κ2) is 9.65. The average molecular weight is 450 g/mol. The van der Waals surface area contributed by atoms with E-state index in [-0.39, 0.29) is 36.1 Å². The van der Waals surface area contributed by atoms with Crippen molar-refractivity contribution in [2.75, 3.05) is 39.3 Å². The van der Waals surface area contributed by atoms with E-state index in [0.29, 0.717) is 12.8 Å². The zero-order valence-corrected chi connectivity index (χ0v) is 18.3. The number of fused-ring (bicyclic) bond motifs is 1. The fourth-order valence-electron chi connectivity index (χ4n) is 3.66. The molecule has 0 aliphatic heterocycles. The van der Waals surface area contributed by atoms with Crippen LogP contribution in [0.2, 0.25) is 0 Å². The number of anilines is 1. The molecule has 10 heteroatoms. The van der Waals surface area contributed by atoms with Gasteiger partial charge in [0.2, 0.25) is 10.0 Å². The van der Waals surface area contributed by atoms with Crippen LogP contribution in [0.15, 0.2) is 47.4 Å². The topological polar surface area (TPSA) is 126 Å². The summed E-state index contributed by atoms with van der Waals surface area (Å²) in [4.78, 5) is 12.6. The Hall–Kier alpha value is -2.66. The number of ether oxygens (including phenoxy) is 2. The van der Waals surface area contributed by atoms with Crippen LogP contribution in [0.4, 0.5) is 10.5 Å². The molecule has 0 fully saturated rings. The molecule has 0 spiro atoms. The quantitative estimate of drug-likeness (QED) is 0.427. The van der Waals surface area contributed by atoms with Crippen LogP contribution < -0.4 is 20.1 Å². The summed E-state index contributed by atoms with van der Waals surface area (Å²) in [6, 6.07) is 11.6. The molecule has 0 atom stereocenters. The van der Waals surface area contributed by atoms with E-state index in [9.17, 15) is 18.3 Å². The summed E-state index contributed by atoms with van der Waals surface area (Å²) in [5.41, 5.74) is 1.62. The van der Waals surface area contributed by atoms with Gasteiger partial charge in [-0.05, 0) is 42.2 Å². The third-order valence-electron chi connectivity index (χ3n) is 5.17. The number of rotatable bonds is 9. The summed E-state index contributed by atoms with van der Waals surface area (Å²) >= 11 is 0. The van der Waals surface area contributed by atoms with Gasteiger partial charge in [-0.15, -0.1) is 0 Å². The SMILES string of the molecule is COCCNS(=O)(=O)c1cc(NC(=O)NC2(CO)Cc3ccccc3C2)ccc1OC. The minimum absolute atomic E-state index is 0.0969. The molecule has 31 heavy (non-hydrogen) atoms. The fraction of sp³-hybridized carbons (Fsp3) is 0.381. The smallest absolute Gasteiger partial charge is 0.319 e. The van der Waals surface area contributed by atoms with Crippen molar-refractivity contribution in [3.8, 4) is 5.75 Å². The third-order valence-corrected chi connectivity index (χ3v) is 6.65. The predicted octanol–water partition coefficient (Wildman–Crippen LogP) is 1.27. The monoisotopic (exact) mass is 449 g/mol. The van der Waals surface area contributed by atoms with E-state index in [4.69, 9.17) is 9.47 Å². The van der Waals surface area contributed by atoms with E-state index >= 15 is 0 Å². The highest BCUT2D eigenvalue weighted by molar-refractivity contribution is 7.89. The Morgan fingerprint density at radius 3 is 2.39 bits per heavy atom. The van der Waals surface area contributed by atoms with Gasteiger partial charge in [0, 0.05) is 19.3 Å². The minimum atomic E-state index is -3.88. The van der Waals surface area contributed by atoms with Crippen molar-refractivity contribution in [3.63, 3.8) is 0 Å². The summed E-state index contributed by atoms with van der Waals surface area (Å²) in [6.07, 6.45) is 1.03. The summed E-state index contributed by atoms with van der Waals surface area (Å²) in [6.45, 7) is 0.0913. The minimum Gasteiger partial charge on any atom is -0.495 e. The van der Waals surface area contributed by atoms with Crippen molar-refractivity contribution in [1.82, 2.24) is 10.0 Å². The molecule has 2 aromatic carbocycles. The molecular weight excluding hydrogens is 422 g/mol. The zero-order valence-electron chi connectivity index (χ0n) is 17.5. The van der Waals surface area contributed by atoms with Crippen molar-refractivity contribution in [3.05, 3.63) is 53.6 Å². The number of hydrogen-bond acceptors (Lipinski definition) is 6. The van der Waals surface area contributed by atoms with Crippen LogP contribution in [-0.4, -0.2) is 59.1 Å². The summed E-state index contributed by atoms with van der Waals surface area (Å²) in [5.74, 6) is 0.147. The number of aliphatic hydroxyl groups excluding tert-OH is 1. The number of carbonyl (C=O) groups is 1. The lowest BCUT2D eigenvalue weighted by molar-refractivity contribution is 0.169. The first-order chi connectivity index (χ1) is 14.8. The van der Waals surface area contributed by atoms with E-state index in [2.05, 4.69) is 15.4 Å². The van der Waals surface area contributed by atoms with Gasteiger partial charge in [0.15, 0.2) is 0 Å². The van der Waals surface area contributed by atoms with Crippen LogP contribution in [0, 0.1) is 0 Å². The highest BCUT2D eigenvalue weighted by atomic mass is 32.2. The average Bonchev–Trinajstić information content (AvgIpc) is 3.12. The molecule has 9 nitrogen and oxygen atoms in total. The zero-order chi connectivity index (χ0) is 22.5. The van der Waals surface area contributed by atoms with Crippen molar-refractivity contribution >= 4 is 21.7 Å².